The fourth-order valence-electron chi connectivity index (χ4n) is 6.70. The molecule has 0 bridgehead atoms. The van der Waals surface area contributed by atoms with Crippen molar-refractivity contribution in [1.82, 2.24) is 24.8 Å². The lowest BCUT2D eigenvalue weighted by molar-refractivity contribution is 0.0935. The number of fused-ring (bicyclic) bond motifs is 2. The van der Waals surface area contributed by atoms with Crippen LogP contribution in [0.5, 0.6) is 11.5 Å². The molecule has 6 rings (SSSR count). The molecule has 1 aliphatic heterocycles. The molecule has 1 N–H and O–H groups in total. The van der Waals surface area contributed by atoms with E-state index in [0.29, 0.717) is 34.7 Å². The second-order valence-corrected chi connectivity index (χ2v) is 11.7. The summed E-state index contributed by atoms with van der Waals surface area (Å²) < 4.78 is 24.3. The molecule has 3 unspecified atom stereocenters. The van der Waals surface area contributed by atoms with Crippen LogP contribution in [0.3, 0.4) is 0 Å². The maximum absolute atomic E-state index is 16.1. The molecule has 1 amide bonds. The van der Waals surface area contributed by atoms with Crippen LogP contribution < -0.4 is 15.5 Å². The summed E-state index contributed by atoms with van der Waals surface area (Å²) in [4.78, 5) is 38.3. The summed E-state index contributed by atoms with van der Waals surface area (Å²) in [6.07, 6.45) is 10.7. The third kappa shape index (κ3) is 5.54. The highest BCUT2D eigenvalue weighted by Gasteiger charge is 2.36. The Morgan fingerprint density at radius 2 is 1.98 bits per heavy atom. The summed E-state index contributed by atoms with van der Waals surface area (Å²) >= 11 is 0. The molecule has 3 heterocycles. The molecule has 1 aliphatic carbocycles. The summed E-state index contributed by atoms with van der Waals surface area (Å²) in [6.45, 7) is 9.16. The zero-order chi connectivity index (χ0) is 30.1. The third-order valence-electron chi connectivity index (χ3n) is 9.04. The molecule has 2 aromatic carbocycles. The van der Waals surface area contributed by atoms with E-state index in [1.165, 1.54) is 6.07 Å². The number of halogens is 1. The van der Waals surface area contributed by atoms with Gasteiger partial charge in [-0.3, -0.25) is 19.6 Å². The normalized spacial score (nSPS) is 18.0. The zero-order valence-electron chi connectivity index (χ0n) is 25.0. The number of nitrogens with one attached hydrogen (secondary N) is 1. The van der Waals surface area contributed by atoms with Crippen molar-refractivity contribution in [3.63, 3.8) is 0 Å². The van der Waals surface area contributed by atoms with Gasteiger partial charge in [0.05, 0.1) is 16.8 Å². The molecule has 0 spiro atoms. The van der Waals surface area contributed by atoms with Crippen molar-refractivity contribution in [3.8, 4) is 17.2 Å². The Morgan fingerprint density at radius 1 is 1.19 bits per heavy atom. The molecule has 9 heteroatoms. The molecule has 1 saturated carbocycles. The number of aromatic nitrogens is 3. The molecular weight excluding hydrogens is 545 g/mol. The van der Waals surface area contributed by atoms with Gasteiger partial charge in [0.1, 0.15) is 16.9 Å². The van der Waals surface area contributed by atoms with Gasteiger partial charge in [0, 0.05) is 42.3 Å². The van der Waals surface area contributed by atoms with Crippen LogP contribution >= 0.6 is 0 Å². The van der Waals surface area contributed by atoms with Crippen molar-refractivity contribution in [2.24, 2.45) is 0 Å². The number of nitrogens with zero attached hydrogens (tertiary/aromatic N) is 4. The van der Waals surface area contributed by atoms with Gasteiger partial charge in [0.15, 0.2) is 11.5 Å². The minimum Gasteiger partial charge on any atom is -0.453 e. The first kappa shape index (κ1) is 29.0. The first-order valence-electron chi connectivity index (χ1n) is 15.4. The standard InChI is InChI=1S/C34H38FN5O3/c1-4-39(5-2)16-8-9-21(3)38-34(42)25-20-40-28-10-6-7-11-29(28)43-33-30(26(35)18-24(31(33)40)32(25)41)23-13-12-22(17-23)27-19-36-14-15-37-27/h6-7,10-11,14-15,18-23H,4-5,8-9,12-13,16-17H2,1-3H3,(H,38,42). The highest BCUT2D eigenvalue weighted by atomic mass is 19.1. The first-order valence-corrected chi connectivity index (χ1v) is 15.4. The molecule has 4 aromatic rings. The molecule has 1 fully saturated rings. The van der Waals surface area contributed by atoms with Crippen LogP contribution in [0.2, 0.25) is 0 Å². The number of para-hydroxylation sites is 2. The van der Waals surface area contributed by atoms with E-state index in [1.54, 1.807) is 24.8 Å². The van der Waals surface area contributed by atoms with E-state index in [0.717, 1.165) is 51.0 Å². The number of ether oxygens (including phenoxy) is 1. The number of hydrogen-bond acceptors (Lipinski definition) is 6. The average molecular weight is 584 g/mol. The highest BCUT2D eigenvalue weighted by Crippen LogP contribution is 2.51. The van der Waals surface area contributed by atoms with Crippen LogP contribution in [0, 0.1) is 5.82 Å². The predicted octanol–water partition coefficient (Wildman–Crippen LogP) is 6.32. The van der Waals surface area contributed by atoms with E-state index in [2.05, 4.69) is 34.0 Å². The molecule has 8 nitrogen and oxygen atoms in total. The Labute approximate surface area is 250 Å². The van der Waals surface area contributed by atoms with Crippen LogP contribution in [0.1, 0.15) is 86.3 Å². The number of pyridine rings is 1. The van der Waals surface area contributed by atoms with E-state index >= 15 is 4.39 Å². The van der Waals surface area contributed by atoms with Gasteiger partial charge in [-0.05, 0) is 82.8 Å². The lowest BCUT2D eigenvalue weighted by atomic mass is 9.91. The molecule has 2 aromatic heterocycles. The smallest absolute Gasteiger partial charge is 0.256 e. The lowest BCUT2D eigenvalue weighted by Crippen LogP contribution is -2.36. The Morgan fingerprint density at radius 3 is 2.74 bits per heavy atom. The van der Waals surface area contributed by atoms with Crippen molar-refractivity contribution in [3.05, 3.63) is 88.0 Å². The lowest BCUT2D eigenvalue weighted by Gasteiger charge is -2.27. The van der Waals surface area contributed by atoms with E-state index in [-0.39, 0.29) is 28.8 Å². The van der Waals surface area contributed by atoms with Gasteiger partial charge in [0.25, 0.3) is 5.91 Å². The average Bonchev–Trinajstić information content (AvgIpc) is 3.50. The Balaban J connectivity index is 1.36. The monoisotopic (exact) mass is 583 g/mol. The predicted molar refractivity (Wildman–Crippen MR) is 165 cm³/mol. The van der Waals surface area contributed by atoms with Crippen molar-refractivity contribution < 1.29 is 13.9 Å². The maximum atomic E-state index is 16.1. The fraction of sp³-hybridized carbons (Fsp3) is 0.412. The molecule has 0 saturated heterocycles. The third-order valence-corrected chi connectivity index (χ3v) is 9.04. The Kier molecular flexibility index (Phi) is 8.25. The molecule has 3 atom stereocenters. The second-order valence-electron chi connectivity index (χ2n) is 11.7. The number of amides is 1. The van der Waals surface area contributed by atoms with Crippen LogP contribution in [-0.2, 0) is 0 Å². The van der Waals surface area contributed by atoms with Crippen molar-refractivity contribution in [1.29, 1.82) is 0 Å². The number of rotatable bonds is 10. The first-order chi connectivity index (χ1) is 20.9. The van der Waals surface area contributed by atoms with Crippen LogP contribution in [-0.4, -0.2) is 51.0 Å². The van der Waals surface area contributed by atoms with Crippen molar-refractivity contribution >= 4 is 16.8 Å². The van der Waals surface area contributed by atoms with Gasteiger partial charge in [-0.2, -0.15) is 0 Å². The second kappa shape index (κ2) is 12.2. The zero-order valence-corrected chi connectivity index (χ0v) is 25.0. The minimum atomic E-state index is -0.502. The number of hydrogen-bond donors (Lipinski definition) is 1. The number of benzene rings is 2. The summed E-state index contributed by atoms with van der Waals surface area (Å²) in [5.41, 5.74) is 2.05. The van der Waals surface area contributed by atoms with Crippen molar-refractivity contribution in [2.75, 3.05) is 19.6 Å². The largest absolute Gasteiger partial charge is 0.453 e. The van der Waals surface area contributed by atoms with Crippen LogP contribution in [0.25, 0.3) is 16.6 Å². The molecule has 43 heavy (non-hydrogen) atoms. The molecule has 0 radical (unpaired) electrons. The summed E-state index contributed by atoms with van der Waals surface area (Å²) in [6, 6.07) is 8.62. The summed E-state index contributed by atoms with van der Waals surface area (Å²) in [5.74, 6) is 0.0134. The van der Waals surface area contributed by atoms with Gasteiger partial charge in [-0.1, -0.05) is 26.0 Å². The van der Waals surface area contributed by atoms with Crippen molar-refractivity contribution in [2.45, 2.75) is 70.8 Å². The molecular formula is C34H38FN5O3. The van der Waals surface area contributed by atoms with Crippen LogP contribution in [0.4, 0.5) is 4.39 Å². The van der Waals surface area contributed by atoms with Gasteiger partial charge in [-0.15, -0.1) is 0 Å². The van der Waals surface area contributed by atoms with Gasteiger partial charge >= 0.3 is 0 Å². The minimum absolute atomic E-state index is 0.0125. The van der Waals surface area contributed by atoms with Gasteiger partial charge in [-0.25, -0.2) is 4.39 Å². The van der Waals surface area contributed by atoms with E-state index in [9.17, 15) is 9.59 Å². The quantitative estimate of drug-likeness (QED) is 0.207. The topological polar surface area (TPSA) is 89.4 Å². The molecule has 224 valence electrons. The van der Waals surface area contributed by atoms with Gasteiger partial charge in [0.2, 0.25) is 5.43 Å². The maximum Gasteiger partial charge on any atom is 0.256 e. The molecule has 2 aliphatic rings. The Hall–Kier alpha value is -4.11. The highest BCUT2D eigenvalue weighted by molar-refractivity contribution is 6.00. The number of carbonyl (C=O) groups excluding carboxylic acids is 1. The number of carbonyl (C=O) groups is 1. The summed E-state index contributed by atoms with van der Waals surface area (Å²) in [7, 11) is 0. The Bertz CT molecular complexity index is 1700. The van der Waals surface area contributed by atoms with E-state index < -0.39 is 17.2 Å². The fourth-order valence-corrected chi connectivity index (χ4v) is 6.70. The van der Waals surface area contributed by atoms with Crippen LogP contribution in [0.15, 0.2) is 59.9 Å². The summed E-state index contributed by atoms with van der Waals surface area (Å²) in [5, 5.41) is 3.14. The SMILES string of the molecule is CCN(CC)CCCC(C)NC(=O)c1cn2c3c(c(C4CCC(c5cnccn5)C4)c(F)cc3c1=O)Oc1ccccc1-2. The van der Waals surface area contributed by atoms with Gasteiger partial charge < -0.3 is 19.5 Å². The van der Waals surface area contributed by atoms with E-state index in [1.807, 2.05) is 35.8 Å². The van der Waals surface area contributed by atoms with E-state index in [4.69, 9.17) is 4.74 Å².